The number of rotatable bonds is 8. The summed E-state index contributed by atoms with van der Waals surface area (Å²) in [5.41, 5.74) is -0.485. The van der Waals surface area contributed by atoms with Crippen molar-refractivity contribution in [1.82, 2.24) is 5.32 Å². The van der Waals surface area contributed by atoms with E-state index in [9.17, 15) is 9.90 Å². The zero-order valence-electron chi connectivity index (χ0n) is 12.3. The maximum atomic E-state index is 11.6. The molecule has 21 heavy (non-hydrogen) atoms. The molecular weight excluding hydrogens is 272 g/mol. The van der Waals surface area contributed by atoms with Crippen molar-refractivity contribution in [1.29, 1.82) is 5.26 Å². The van der Waals surface area contributed by atoms with E-state index in [0.717, 1.165) is 0 Å². The van der Waals surface area contributed by atoms with Crippen LogP contribution in [0.15, 0.2) is 24.3 Å². The highest BCUT2D eigenvalue weighted by molar-refractivity contribution is 5.77. The quantitative estimate of drug-likeness (QED) is 0.741. The summed E-state index contributed by atoms with van der Waals surface area (Å²) in [6.45, 7) is 2.04. The maximum absolute atomic E-state index is 11.6. The number of nitrogens with one attached hydrogen (secondary N) is 1. The summed E-state index contributed by atoms with van der Waals surface area (Å²) in [6, 6.07) is 8.48. The van der Waals surface area contributed by atoms with E-state index in [1.165, 1.54) is 0 Å². The van der Waals surface area contributed by atoms with Crippen molar-refractivity contribution in [3.63, 3.8) is 0 Å². The van der Waals surface area contributed by atoms with Crippen molar-refractivity contribution in [3.8, 4) is 11.8 Å². The Hall–Kier alpha value is -2.10. The Morgan fingerprint density at radius 3 is 2.67 bits per heavy atom. The molecule has 0 aromatic heterocycles. The number of hydrogen-bond donors (Lipinski definition) is 2. The average molecular weight is 292 g/mol. The number of methoxy groups -OCH3 is 1. The molecule has 1 rings (SSSR count). The molecule has 6 nitrogen and oxygen atoms in total. The number of ether oxygens (including phenoxy) is 2. The fourth-order valence-electron chi connectivity index (χ4n) is 1.52. The third-order valence-electron chi connectivity index (χ3n) is 2.86. The van der Waals surface area contributed by atoms with Crippen molar-refractivity contribution in [2.24, 2.45) is 0 Å². The van der Waals surface area contributed by atoms with E-state index in [-0.39, 0.29) is 19.1 Å². The number of nitrogens with zero attached hydrogens (tertiary/aromatic N) is 1. The minimum absolute atomic E-state index is 0.131. The van der Waals surface area contributed by atoms with Gasteiger partial charge in [-0.1, -0.05) is 0 Å². The van der Waals surface area contributed by atoms with Gasteiger partial charge < -0.3 is 19.9 Å². The molecule has 0 fully saturated rings. The van der Waals surface area contributed by atoms with Gasteiger partial charge in [0.15, 0.2) is 6.61 Å². The van der Waals surface area contributed by atoms with E-state index in [2.05, 4.69) is 5.32 Å². The molecule has 0 bridgehead atoms. The standard InChI is InChI=1S/C15H20N2O4/c1-15(19,7-8-20-2)11-17-14(18)10-21-13-5-3-12(9-16)4-6-13/h3-6,19H,7-8,10-11H2,1-2H3,(H,17,18). The van der Waals surface area contributed by atoms with E-state index in [1.807, 2.05) is 6.07 Å². The first-order valence-corrected chi connectivity index (χ1v) is 6.58. The number of amides is 1. The zero-order valence-corrected chi connectivity index (χ0v) is 12.3. The molecule has 0 radical (unpaired) electrons. The first-order chi connectivity index (χ1) is 9.96. The van der Waals surface area contributed by atoms with Crippen LogP contribution in [0.1, 0.15) is 18.9 Å². The molecule has 0 heterocycles. The van der Waals surface area contributed by atoms with E-state index in [1.54, 1.807) is 38.3 Å². The minimum Gasteiger partial charge on any atom is -0.484 e. The van der Waals surface area contributed by atoms with E-state index < -0.39 is 5.60 Å². The van der Waals surface area contributed by atoms with Crippen LogP contribution >= 0.6 is 0 Å². The Labute approximate surface area is 124 Å². The van der Waals surface area contributed by atoms with E-state index >= 15 is 0 Å². The normalized spacial score (nSPS) is 13.0. The number of carbonyl (C=O) groups excluding carboxylic acids is 1. The van der Waals surface area contributed by atoms with Crippen molar-refractivity contribution in [2.75, 3.05) is 26.9 Å². The van der Waals surface area contributed by atoms with E-state index in [0.29, 0.717) is 24.3 Å². The van der Waals surface area contributed by atoms with Crippen LogP contribution in [0.3, 0.4) is 0 Å². The maximum Gasteiger partial charge on any atom is 0.258 e. The summed E-state index contributed by atoms with van der Waals surface area (Å²) < 4.78 is 10.2. The van der Waals surface area contributed by atoms with Gasteiger partial charge in [-0.25, -0.2) is 0 Å². The Bertz CT molecular complexity index is 491. The number of nitriles is 1. The Balaban J connectivity index is 2.32. The second kappa shape index (κ2) is 8.25. The summed E-state index contributed by atoms with van der Waals surface area (Å²) in [4.78, 5) is 11.6. The van der Waals surface area contributed by atoms with Crippen LogP contribution in [-0.2, 0) is 9.53 Å². The number of aliphatic hydroxyl groups is 1. The van der Waals surface area contributed by atoms with Gasteiger partial charge in [-0.15, -0.1) is 0 Å². The molecular formula is C15H20N2O4. The Morgan fingerprint density at radius 2 is 2.10 bits per heavy atom. The van der Waals surface area contributed by atoms with Crippen LogP contribution < -0.4 is 10.1 Å². The molecule has 0 saturated heterocycles. The lowest BCUT2D eigenvalue weighted by Gasteiger charge is -2.23. The fraction of sp³-hybridized carbons (Fsp3) is 0.467. The van der Waals surface area contributed by atoms with Crippen molar-refractivity contribution in [3.05, 3.63) is 29.8 Å². The van der Waals surface area contributed by atoms with Crippen LogP contribution in [0.5, 0.6) is 5.75 Å². The third kappa shape index (κ3) is 6.75. The molecule has 0 aliphatic carbocycles. The highest BCUT2D eigenvalue weighted by Crippen LogP contribution is 2.11. The van der Waals surface area contributed by atoms with Gasteiger partial charge in [-0.3, -0.25) is 4.79 Å². The van der Waals surface area contributed by atoms with Crippen LogP contribution in [-0.4, -0.2) is 43.5 Å². The molecule has 0 spiro atoms. The number of hydrogen-bond acceptors (Lipinski definition) is 5. The molecule has 114 valence electrons. The van der Waals surface area contributed by atoms with Crippen LogP contribution in [0.25, 0.3) is 0 Å². The van der Waals surface area contributed by atoms with Crippen molar-refractivity contribution in [2.45, 2.75) is 18.9 Å². The van der Waals surface area contributed by atoms with Crippen LogP contribution in [0.2, 0.25) is 0 Å². The van der Waals surface area contributed by atoms with Gasteiger partial charge in [0.05, 0.1) is 17.2 Å². The highest BCUT2D eigenvalue weighted by atomic mass is 16.5. The number of carbonyl (C=O) groups is 1. The van der Waals surface area contributed by atoms with Gasteiger partial charge in [0.25, 0.3) is 5.91 Å². The van der Waals surface area contributed by atoms with Gasteiger partial charge >= 0.3 is 0 Å². The van der Waals surface area contributed by atoms with Crippen molar-refractivity contribution < 1.29 is 19.4 Å². The van der Waals surface area contributed by atoms with Gasteiger partial charge in [-0.2, -0.15) is 5.26 Å². The molecule has 1 unspecified atom stereocenters. The van der Waals surface area contributed by atoms with Crippen LogP contribution in [0.4, 0.5) is 0 Å². The van der Waals surface area contributed by atoms with Gasteiger partial charge in [0, 0.05) is 26.7 Å². The van der Waals surface area contributed by atoms with Gasteiger partial charge in [0.2, 0.25) is 0 Å². The predicted octanol–water partition coefficient (Wildman–Crippen LogP) is 0.841. The van der Waals surface area contributed by atoms with Gasteiger partial charge in [0.1, 0.15) is 5.75 Å². The summed E-state index contributed by atoms with van der Waals surface area (Å²) in [5.74, 6) is 0.187. The summed E-state index contributed by atoms with van der Waals surface area (Å²) in [6.07, 6.45) is 0.431. The largest absolute Gasteiger partial charge is 0.484 e. The molecule has 6 heteroatoms. The van der Waals surface area contributed by atoms with E-state index in [4.69, 9.17) is 14.7 Å². The molecule has 0 saturated carbocycles. The Kier molecular flexibility index (Phi) is 6.66. The molecule has 0 aliphatic rings. The second-order valence-electron chi connectivity index (χ2n) is 4.94. The second-order valence-corrected chi connectivity index (χ2v) is 4.94. The Morgan fingerprint density at radius 1 is 1.43 bits per heavy atom. The first kappa shape index (κ1) is 17.0. The van der Waals surface area contributed by atoms with Crippen LogP contribution in [0, 0.1) is 11.3 Å². The zero-order chi connectivity index (χ0) is 15.7. The lowest BCUT2D eigenvalue weighted by molar-refractivity contribution is -0.124. The molecule has 2 N–H and O–H groups in total. The third-order valence-corrected chi connectivity index (χ3v) is 2.86. The fourth-order valence-corrected chi connectivity index (χ4v) is 1.52. The average Bonchev–Trinajstić information content (AvgIpc) is 2.49. The smallest absolute Gasteiger partial charge is 0.258 e. The summed E-state index contributed by atoms with van der Waals surface area (Å²) in [5, 5.41) is 21.2. The summed E-state index contributed by atoms with van der Waals surface area (Å²) in [7, 11) is 1.56. The molecule has 0 aliphatic heterocycles. The molecule has 1 atom stereocenters. The number of benzene rings is 1. The SMILES string of the molecule is COCCC(C)(O)CNC(=O)COc1ccc(C#N)cc1. The molecule has 1 amide bonds. The highest BCUT2D eigenvalue weighted by Gasteiger charge is 2.20. The van der Waals surface area contributed by atoms with Gasteiger partial charge in [-0.05, 0) is 31.2 Å². The lowest BCUT2D eigenvalue weighted by atomic mass is 10.0. The predicted molar refractivity (Wildman–Crippen MR) is 76.8 cm³/mol. The first-order valence-electron chi connectivity index (χ1n) is 6.58. The molecule has 1 aromatic carbocycles. The lowest BCUT2D eigenvalue weighted by Crippen LogP contribution is -2.42. The van der Waals surface area contributed by atoms with Crippen molar-refractivity contribution >= 4 is 5.91 Å². The minimum atomic E-state index is -1.01. The topological polar surface area (TPSA) is 91.6 Å². The molecule has 1 aromatic rings. The summed E-state index contributed by atoms with van der Waals surface area (Å²) >= 11 is 0. The monoisotopic (exact) mass is 292 g/mol.